The van der Waals surface area contributed by atoms with Crippen LogP contribution in [0.25, 0.3) is 0 Å². The molecule has 1 aliphatic rings. The number of hydrogen-bond donors (Lipinski definition) is 2. The molecule has 0 saturated carbocycles. The maximum Gasteiger partial charge on any atom is 0.236 e. The standard InChI is InChI=1S/C12H24N2O2/c1-4-10(3)13-7-12(16)14-6-5-9(2)11(14)8-15/h9-11,13,15H,4-8H2,1-3H3. The van der Waals surface area contributed by atoms with Gasteiger partial charge < -0.3 is 15.3 Å². The lowest BCUT2D eigenvalue weighted by Gasteiger charge is -2.26. The Hall–Kier alpha value is -0.610. The van der Waals surface area contributed by atoms with Crippen molar-refractivity contribution in [3.8, 4) is 0 Å². The van der Waals surface area contributed by atoms with Gasteiger partial charge in [0.05, 0.1) is 19.2 Å². The SMILES string of the molecule is CCC(C)NCC(=O)N1CCC(C)C1CO. The fourth-order valence-corrected chi connectivity index (χ4v) is 2.10. The summed E-state index contributed by atoms with van der Waals surface area (Å²) in [6.45, 7) is 7.51. The first-order valence-electron chi connectivity index (χ1n) is 6.23. The van der Waals surface area contributed by atoms with Crippen LogP contribution < -0.4 is 5.32 Å². The molecule has 2 N–H and O–H groups in total. The number of carbonyl (C=O) groups excluding carboxylic acids is 1. The van der Waals surface area contributed by atoms with E-state index in [2.05, 4.69) is 26.1 Å². The number of amides is 1. The van der Waals surface area contributed by atoms with Crippen LogP contribution in [-0.2, 0) is 4.79 Å². The van der Waals surface area contributed by atoms with Gasteiger partial charge >= 0.3 is 0 Å². The minimum absolute atomic E-state index is 0.0197. The number of rotatable bonds is 5. The van der Waals surface area contributed by atoms with E-state index >= 15 is 0 Å². The lowest BCUT2D eigenvalue weighted by Crippen LogP contribution is -2.45. The molecular weight excluding hydrogens is 204 g/mol. The van der Waals surface area contributed by atoms with Gasteiger partial charge in [0.25, 0.3) is 0 Å². The third-order valence-corrected chi connectivity index (χ3v) is 3.60. The summed E-state index contributed by atoms with van der Waals surface area (Å²) in [7, 11) is 0. The zero-order chi connectivity index (χ0) is 12.1. The highest BCUT2D eigenvalue weighted by molar-refractivity contribution is 5.79. The van der Waals surface area contributed by atoms with Gasteiger partial charge in [-0.3, -0.25) is 4.79 Å². The number of nitrogens with zero attached hydrogens (tertiary/aromatic N) is 1. The molecule has 4 nitrogen and oxygen atoms in total. The Balaban J connectivity index is 2.41. The Morgan fingerprint density at radius 3 is 2.88 bits per heavy atom. The van der Waals surface area contributed by atoms with Gasteiger partial charge in [-0.1, -0.05) is 13.8 Å². The molecule has 0 aliphatic carbocycles. The van der Waals surface area contributed by atoms with Gasteiger partial charge in [0, 0.05) is 12.6 Å². The minimum atomic E-state index is 0.0197. The Morgan fingerprint density at radius 2 is 2.31 bits per heavy atom. The Kier molecular flexibility index (Phi) is 5.22. The fourth-order valence-electron chi connectivity index (χ4n) is 2.10. The summed E-state index contributed by atoms with van der Waals surface area (Å²) in [5.74, 6) is 0.529. The second kappa shape index (κ2) is 6.21. The lowest BCUT2D eigenvalue weighted by molar-refractivity contribution is -0.132. The second-order valence-corrected chi connectivity index (χ2v) is 4.79. The van der Waals surface area contributed by atoms with Crippen molar-refractivity contribution >= 4 is 5.91 Å². The average molecular weight is 228 g/mol. The molecule has 3 atom stereocenters. The smallest absolute Gasteiger partial charge is 0.236 e. The number of carbonyl (C=O) groups is 1. The molecule has 16 heavy (non-hydrogen) atoms. The first kappa shape index (κ1) is 13.5. The molecule has 1 rings (SSSR count). The van der Waals surface area contributed by atoms with Gasteiger partial charge in [0.2, 0.25) is 5.91 Å². The zero-order valence-electron chi connectivity index (χ0n) is 10.6. The van der Waals surface area contributed by atoms with Crippen molar-refractivity contribution in [2.45, 2.75) is 45.7 Å². The third-order valence-electron chi connectivity index (χ3n) is 3.60. The molecule has 0 aromatic heterocycles. The summed E-state index contributed by atoms with van der Waals surface area (Å²) in [5, 5.41) is 12.5. The van der Waals surface area contributed by atoms with Crippen LogP contribution in [0.2, 0.25) is 0 Å². The van der Waals surface area contributed by atoms with Crippen LogP contribution in [0.3, 0.4) is 0 Å². The van der Waals surface area contributed by atoms with Gasteiger partial charge in [-0.2, -0.15) is 0 Å². The largest absolute Gasteiger partial charge is 0.394 e. The topological polar surface area (TPSA) is 52.6 Å². The van der Waals surface area contributed by atoms with Crippen molar-refractivity contribution < 1.29 is 9.90 Å². The normalized spacial score (nSPS) is 27.1. The van der Waals surface area contributed by atoms with Crippen LogP contribution >= 0.6 is 0 Å². The second-order valence-electron chi connectivity index (χ2n) is 4.79. The highest BCUT2D eigenvalue weighted by Crippen LogP contribution is 2.23. The zero-order valence-corrected chi connectivity index (χ0v) is 10.6. The number of nitrogens with one attached hydrogen (secondary N) is 1. The molecule has 0 aromatic rings. The first-order chi connectivity index (χ1) is 7.60. The van der Waals surface area contributed by atoms with E-state index in [9.17, 15) is 9.90 Å². The molecule has 1 heterocycles. The third kappa shape index (κ3) is 3.19. The summed E-state index contributed by atoms with van der Waals surface area (Å²) < 4.78 is 0. The van der Waals surface area contributed by atoms with Gasteiger partial charge in [0.1, 0.15) is 0 Å². The van der Waals surface area contributed by atoms with Gasteiger partial charge in [0.15, 0.2) is 0 Å². The van der Waals surface area contributed by atoms with Crippen LogP contribution in [0.15, 0.2) is 0 Å². The van der Waals surface area contributed by atoms with Gasteiger partial charge in [-0.25, -0.2) is 0 Å². The molecule has 1 aliphatic heterocycles. The molecule has 3 unspecified atom stereocenters. The van der Waals surface area contributed by atoms with Crippen LogP contribution in [0.1, 0.15) is 33.6 Å². The van der Waals surface area contributed by atoms with E-state index in [1.165, 1.54) is 0 Å². The van der Waals surface area contributed by atoms with Crippen LogP contribution in [0.4, 0.5) is 0 Å². The van der Waals surface area contributed by atoms with Gasteiger partial charge in [-0.15, -0.1) is 0 Å². The summed E-state index contributed by atoms with van der Waals surface area (Å²) in [4.78, 5) is 13.8. The summed E-state index contributed by atoms with van der Waals surface area (Å²) >= 11 is 0. The highest BCUT2D eigenvalue weighted by Gasteiger charge is 2.33. The maximum atomic E-state index is 11.9. The minimum Gasteiger partial charge on any atom is -0.394 e. The molecule has 0 radical (unpaired) electrons. The van der Waals surface area contributed by atoms with E-state index < -0.39 is 0 Å². The van der Waals surface area contributed by atoms with Gasteiger partial charge in [-0.05, 0) is 25.7 Å². The molecule has 1 saturated heterocycles. The Morgan fingerprint density at radius 1 is 1.62 bits per heavy atom. The predicted molar refractivity (Wildman–Crippen MR) is 64.1 cm³/mol. The number of aliphatic hydroxyl groups is 1. The van der Waals surface area contributed by atoms with E-state index in [1.807, 2.05) is 4.90 Å². The average Bonchev–Trinajstić information content (AvgIpc) is 2.66. The number of hydrogen-bond acceptors (Lipinski definition) is 3. The Bertz CT molecular complexity index is 233. The molecular formula is C12H24N2O2. The summed E-state index contributed by atoms with van der Waals surface area (Å²) in [6.07, 6.45) is 2.02. The summed E-state index contributed by atoms with van der Waals surface area (Å²) in [6, 6.07) is 0.391. The van der Waals surface area contributed by atoms with Crippen molar-refractivity contribution in [1.82, 2.24) is 10.2 Å². The van der Waals surface area contributed by atoms with Crippen LogP contribution in [0.5, 0.6) is 0 Å². The predicted octanol–water partition coefficient (Wildman–Crippen LogP) is 0.604. The highest BCUT2D eigenvalue weighted by atomic mass is 16.3. The van der Waals surface area contributed by atoms with Crippen molar-refractivity contribution in [3.05, 3.63) is 0 Å². The van der Waals surface area contributed by atoms with E-state index in [4.69, 9.17) is 0 Å². The monoisotopic (exact) mass is 228 g/mol. The fraction of sp³-hybridized carbons (Fsp3) is 0.917. The summed E-state index contributed by atoms with van der Waals surface area (Å²) in [5.41, 5.74) is 0. The molecule has 0 spiro atoms. The van der Waals surface area contributed by atoms with Crippen molar-refractivity contribution in [2.75, 3.05) is 19.7 Å². The first-order valence-corrected chi connectivity index (χ1v) is 6.23. The van der Waals surface area contributed by atoms with Crippen molar-refractivity contribution in [3.63, 3.8) is 0 Å². The van der Waals surface area contributed by atoms with Crippen LogP contribution in [-0.4, -0.2) is 47.7 Å². The molecule has 94 valence electrons. The Labute approximate surface area is 98.0 Å². The molecule has 0 bridgehead atoms. The van der Waals surface area contributed by atoms with Crippen molar-refractivity contribution in [1.29, 1.82) is 0 Å². The number of aliphatic hydroxyl groups excluding tert-OH is 1. The van der Waals surface area contributed by atoms with E-state index in [0.29, 0.717) is 18.5 Å². The molecule has 0 aromatic carbocycles. The van der Waals surface area contributed by atoms with E-state index in [-0.39, 0.29) is 18.6 Å². The van der Waals surface area contributed by atoms with E-state index in [1.54, 1.807) is 0 Å². The maximum absolute atomic E-state index is 11.9. The molecule has 1 fully saturated rings. The van der Waals surface area contributed by atoms with E-state index in [0.717, 1.165) is 19.4 Å². The van der Waals surface area contributed by atoms with Crippen LogP contribution in [0, 0.1) is 5.92 Å². The lowest BCUT2D eigenvalue weighted by atomic mass is 10.0. The molecule has 4 heteroatoms. The number of likely N-dealkylation sites (tertiary alicyclic amines) is 1. The quantitative estimate of drug-likeness (QED) is 0.724. The molecule has 1 amide bonds. The van der Waals surface area contributed by atoms with Crippen molar-refractivity contribution in [2.24, 2.45) is 5.92 Å².